The van der Waals surface area contributed by atoms with E-state index in [0.29, 0.717) is 0 Å². The van der Waals surface area contributed by atoms with Gasteiger partial charge in [0.15, 0.2) is 0 Å². The maximum Gasteiger partial charge on any atom is 0.147 e. The van der Waals surface area contributed by atoms with Gasteiger partial charge in [0, 0.05) is 19.6 Å². The highest BCUT2D eigenvalue weighted by Crippen LogP contribution is 2.06. The van der Waals surface area contributed by atoms with Crippen LogP contribution in [0.5, 0.6) is 0 Å². The molecule has 0 radical (unpaired) electrons. The van der Waals surface area contributed by atoms with Crippen molar-refractivity contribution < 1.29 is 0 Å². The van der Waals surface area contributed by atoms with Gasteiger partial charge in [-0.25, -0.2) is 0 Å². The standard InChI is InChI=1S/C11H21N5.ClH/c1-3-16-10(2)13-14-11(16)9-15-7-4-5-12-6-8-15;/h12H,3-9H2,1-2H3;1H. The van der Waals surface area contributed by atoms with E-state index < -0.39 is 0 Å². The minimum absolute atomic E-state index is 0. The summed E-state index contributed by atoms with van der Waals surface area (Å²) < 4.78 is 2.19. The molecule has 2 heterocycles. The highest BCUT2D eigenvalue weighted by Gasteiger charge is 2.13. The average Bonchev–Trinajstić information content (AvgIpc) is 2.51. The molecule has 0 aliphatic carbocycles. The zero-order chi connectivity index (χ0) is 11.4. The summed E-state index contributed by atoms with van der Waals surface area (Å²) in [5.74, 6) is 2.12. The highest BCUT2D eigenvalue weighted by molar-refractivity contribution is 5.85. The molecular weight excluding hydrogens is 238 g/mol. The minimum Gasteiger partial charge on any atom is -0.315 e. The molecule has 0 spiro atoms. The molecule has 0 bridgehead atoms. The van der Waals surface area contributed by atoms with Crippen molar-refractivity contribution in [3.8, 4) is 0 Å². The maximum atomic E-state index is 4.26. The van der Waals surface area contributed by atoms with Crippen molar-refractivity contribution in [2.75, 3.05) is 26.2 Å². The van der Waals surface area contributed by atoms with Crippen LogP contribution in [-0.4, -0.2) is 45.8 Å². The molecule has 0 saturated carbocycles. The van der Waals surface area contributed by atoms with Crippen LogP contribution in [0.4, 0.5) is 0 Å². The molecule has 1 N–H and O–H groups in total. The predicted molar refractivity (Wildman–Crippen MR) is 70.4 cm³/mol. The third-order valence-electron chi connectivity index (χ3n) is 3.13. The molecular formula is C11H22ClN5. The van der Waals surface area contributed by atoms with E-state index in [0.717, 1.165) is 50.9 Å². The number of halogens is 1. The third-order valence-corrected chi connectivity index (χ3v) is 3.13. The van der Waals surface area contributed by atoms with Gasteiger partial charge in [0.25, 0.3) is 0 Å². The van der Waals surface area contributed by atoms with Crippen molar-refractivity contribution in [2.24, 2.45) is 0 Å². The second-order valence-corrected chi connectivity index (χ2v) is 4.29. The Bertz CT molecular complexity index is 331. The first kappa shape index (κ1) is 14.4. The van der Waals surface area contributed by atoms with Gasteiger partial charge in [0.2, 0.25) is 0 Å². The molecule has 0 unspecified atom stereocenters. The van der Waals surface area contributed by atoms with Crippen LogP contribution in [0.2, 0.25) is 0 Å². The Labute approximate surface area is 109 Å². The lowest BCUT2D eigenvalue weighted by Crippen LogP contribution is -2.29. The fourth-order valence-electron chi connectivity index (χ4n) is 2.21. The first-order valence-corrected chi connectivity index (χ1v) is 6.13. The van der Waals surface area contributed by atoms with Crippen molar-refractivity contribution in [2.45, 2.75) is 33.4 Å². The number of rotatable bonds is 3. The van der Waals surface area contributed by atoms with Crippen molar-refractivity contribution >= 4 is 12.4 Å². The molecule has 1 fully saturated rings. The van der Waals surface area contributed by atoms with Gasteiger partial charge < -0.3 is 9.88 Å². The van der Waals surface area contributed by atoms with Crippen LogP contribution in [0.1, 0.15) is 25.0 Å². The lowest BCUT2D eigenvalue weighted by atomic mass is 10.4. The normalized spacial score (nSPS) is 17.5. The smallest absolute Gasteiger partial charge is 0.147 e. The zero-order valence-corrected chi connectivity index (χ0v) is 11.5. The van der Waals surface area contributed by atoms with E-state index in [1.54, 1.807) is 0 Å². The Morgan fingerprint density at radius 1 is 1.24 bits per heavy atom. The van der Waals surface area contributed by atoms with Crippen molar-refractivity contribution in [3.05, 3.63) is 11.6 Å². The second-order valence-electron chi connectivity index (χ2n) is 4.29. The van der Waals surface area contributed by atoms with Gasteiger partial charge in [0.1, 0.15) is 11.6 Å². The quantitative estimate of drug-likeness (QED) is 0.873. The summed E-state index contributed by atoms with van der Waals surface area (Å²) in [5, 5.41) is 11.8. The van der Waals surface area contributed by atoms with Crippen LogP contribution in [0.15, 0.2) is 0 Å². The second kappa shape index (κ2) is 6.93. The first-order valence-electron chi connectivity index (χ1n) is 6.13. The number of aromatic nitrogens is 3. The van der Waals surface area contributed by atoms with Crippen LogP contribution in [-0.2, 0) is 13.1 Å². The monoisotopic (exact) mass is 259 g/mol. The number of nitrogens with zero attached hydrogens (tertiary/aromatic N) is 4. The van der Waals surface area contributed by atoms with Crippen LogP contribution >= 0.6 is 12.4 Å². The molecule has 0 atom stereocenters. The van der Waals surface area contributed by atoms with Crippen LogP contribution in [0, 0.1) is 6.92 Å². The van der Waals surface area contributed by atoms with E-state index >= 15 is 0 Å². The first-order chi connectivity index (χ1) is 7.81. The Hall–Kier alpha value is -0.650. The molecule has 1 saturated heterocycles. The molecule has 1 aromatic rings. The summed E-state index contributed by atoms with van der Waals surface area (Å²) in [6.07, 6.45) is 1.22. The molecule has 0 amide bonds. The van der Waals surface area contributed by atoms with Crippen molar-refractivity contribution in [1.29, 1.82) is 0 Å². The Kier molecular flexibility index (Phi) is 5.88. The topological polar surface area (TPSA) is 46.0 Å². The van der Waals surface area contributed by atoms with Crippen LogP contribution in [0.3, 0.4) is 0 Å². The lowest BCUT2D eigenvalue weighted by molar-refractivity contribution is 0.272. The minimum atomic E-state index is 0. The summed E-state index contributed by atoms with van der Waals surface area (Å²) in [6, 6.07) is 0. The van der Waals surface area contributed by atoms with Gasteiger partial charge in [-0.15, -0.1) is 22.6 Å². The summed E-state index contributed by atoms with van der Waals surface area (Å²) in [5.41, 5.74) is 0. The SMILES string of the molecule is CCn1c(C)nnc1CN1CCCNCC1.Cl. The molecule has 1 aromatic heterocycles. The average molecular weight is 260 g/mol. The zero-order valence-electron chi connectivity index (χ0n) is 10.6. The molecule has 17 heavy (non-hydrogen) atoms. The fourth-order valence-corrected chi connectivity index (χ4v) is 2.21. The summed E-state index contributed by atoms with van der Waals surface area (Å²) in [6.45, 7) is 10.5. The molecule has 98 valence electrons. The van der Waals surface area contributed by atoms with Gasteiger partial charge in [-0.1, -0.05) is 0 Å². The van der Waals surface area contributed by atoms with Crippen molar-refractivity contribution in [3.63, 3.8) is 0 Å². The molecule has 1 aliphatic rings. The number of aryl methyl sites for hydroxylation is 1. The molecule has 1 aliphatic heterocycles. The highest BCUT2D eigenvalue weighted by atomic mass is 35.5. The van der Waals surface area contributed by atoms with E-state index in [-0.39, 0.29) is 12.4 Å². The summed E-state index contributed by atoms with van der Waals surface area (Å²) >= 11 is 0. The summed E-state index contributed by atoms with van der Waals surface area (Å²) in [7, 11) is 0. The number of nitrogens with one attached hydrogen (secondary N) is 1. The Morgan fingerprint density at radius 3 is 2.82 bits per heavy atom. The predicted octanol–water partition coefficient (Wildman–Crippen LogP) is 0.824. The molecule has 2 rings (SSSR count). The summed E-state index contributed by atoms with van der Waals surface area (Å²) in [4.78, 5) is 2.45. The van der Waals surface area contributed by atoms with Gasteiger partial charge in [-0.05, 0) is 33.4 Å². The molecule has 6 heteroatoms. The molecule has 5 nitrogen and oxygen atoms in total. The largest absolute Gasteiger partial charge is 0.315 e. The van der Waals surface area contributed by atoms with Gasteiger partial charge >= 0.3 is 0 Å². The Morgan fingerprint density at radius 2 is 2.06 bits per heavy atom. The number of hydrogen-bond acceptors (Lipinski definition) is 4. The third kappa shape index (κ3) is 3.66. The van der Waals surface area contributed by atoms with Gasteiger partial charge in [0.05, 0.1) is 6.54 Å². The van der Waals surface area contributed by atoms with Crippen molar-refractivity contribution in [1.82, 2.24) is 25.0 Å². The van der Waals surface area contributed by atoms with Crippen LogP contribution in [0.25, 0.3) is 0 Å². The molecule has 0 aromatic carbocycles. The maximum absolute atomic E-state index is 4.26. The van der Waals surface area contributed by atoms with E-state index in [4.69, 9.17) is 0 Å². The van der Waals surface area contributed by atoms with E-state index in [1.807, 2.05) is 6.92 Å². The number of hydrogen-bond donors (Lipinski definition) is 1. The Balaban J connectivity index is 0.00000144. The van der Waals surface area contributed by atoms with E-state index in [9.17, 15) is 0 Å². The van der Waals surface area contributed by atoms with Crippen LogP contribution < -0.4 is 5.32 Å². The lowest BCUT2D eigenvalue weighted by Gasteiger charge is -2.18. The van der Waals surface area contributed by atoms with E-state index in [2.05, 4.69) is 31.9 Å². The van der Waals surface area contributed by atoms with E-state index in [1.165, 1.54) is 6.42 Å². The van der Waals surface area contributed by atoms with Gasteiger partial charge in [-0.2, -0.15) is 0 Å². The van der Waals surface area contributed by atoms with Gasteiger partial charge in [-0.3, -0.25) is 4.90 Å². The fraction of sp³-hybridized carbons (Fsp3) is 0.818.